The highest BCUT2D eigenvalue weighted by Gasteiger charge is 2.19. The molecule has 80 valence electrons. The minimum atomic E-state index is -2.71. The number of aliphatic hydroxyl groups excluding tert-OH is 1. The van der Waals surface area contributed by atoms with Crippen LogP contribution in [0.4, 0.5) is 8.78 Å². The molecule has 6 heteroatoms. The quantitative estimate of drug-likeness (QED) is 0.862. The number of nitrogens with zero attached hydrogens (tertiary/aromatic N) is 2. The lowest BCUT2D eigenvalue weighted by Crippen LogP contribution is -2.04. The normalized spacial score (nSPS) is 10.4. The zero-order valence-electron chi connectivity index (χ0n) is 7.54. The summed E-state index contributed by atoms with van der Waals surface area (Å²) in [6.45, 7) is -0.531. The van der Waals surface area contributed by atoms with Crippen LogP contribution in [0, 0.1) is 11.3 Å². The van der Waals surface area contributed by atoms with Gasteiger partial charge in [-0.1, -0.05) is 15.9 Å². The molecule has 0 bridgehead atoms. The van der Waals surface area contributed by atoms with E-state index in [4.69, 9.17) is 10.4 Å². The summed E-state index contributed by atoms with van der Waals surface area (Å²) in [6.07, 6.45) is -2.71. The van der Waals surface area contributed by atoms with E-state index in [9.17, 15) is 8.78 Å². The highest BCUT2D eigenvalue weighted by atomic mass is 79.9. The van der Waals surface area contributed by atoms with Crippen molar-refractivity contribution >= 4 is 15.9 Å². The van der Waals surface area contributed by atoms with Crippen LogP contribution in [0.3, 0.4) is 0 Å². The average molecular weight is 277 g/mol. The predicted octanol–water partition coefficient (Wildman–Crippen LogP) is 2.28. The molecule has 0 atom stereocenters. The molecule has 3 nitrogen and oxygen atoms in total. The SMILES string of the molecule is N#Cc1cc(CO)c(C(F)F)c(CBr)n1. The van der Waals surface area contributed by atoms with Crippen molar-refractivity contribution in [2.24, 2.45) is 0 Å². The van der Waals surface area contributed by atoms with Crippen LogP contribution in [0.2, 0.25) is 0 Å². The number of pyridine rings is 1. The fourth-order valence-corrected chi connectivity index (χ4v) is 1.65. The summed E-state index contributed by atoms with van der Waals surface area (Å²) in [5, 5.41) is 17.7. The lowest BCUT2D eigenvalue weighted by atomic mass is 10.1. The smallest absolute Gasteiger partial charge is 0.265 e. The topological polar surface area (TPSA) is 56.9 Å². The summed E-state index contributed by atoms with van der Waals surface area (Å²) >= 11 is 3.02. The highest BCUT2D eigenvalue weighted by Crippen LogP contribution is 2.27. The van der Waals surface area contributed by atoms with Crippen molar-refractivity contribution in [3.05, 3.63) is 28.6 Å². The molecular formula is C9H7BrF2N2O. The Balaban J connectivity index is 3.41. The molecule has 0 spiro atoms. The number of alkyl halides is 3. The predicted molar refractivity (Wildman–Crippen MR) is 52.5 cm³/mol. The molecule has 0 saturated heterocycles. The standard InChI is InChI=1S/C9H7BrF2N2O/c10-2-7-8(9(11)12)5(4-15)1-6(3-13)14-7/h1,9,15H,2,4H2. The first-order valence-corrected chi connectivity index (χ1v) is 5.14. The van der Waals surface area contributed by atoms with Gasteiger partial charge in [-0.2, -0.15) is 5.26 Å². The minimum Gasteiger partial charge on any atom is -0.392 e. The minimum absolute atomic E-state index is 0.0258. The zero-order valence-corrected chi connectivity index (χ0v) is 9.13. The Morgan fingerprint density at radius 1 is 1.60 bits per heavy atom. The van der Waals surface area contributed by atoms with Crippen LogP contribution in [0.1, 0.15) is 28.9 Å². The first-order valence-electron chi connectivity index (χ1n) is 4.01. The first kappa shape index (κ1) is 12.0. The van der Waals surface area contributed by atoms with Crippen LogP contribution >= 0.6 is 15.9 Å². The van der Waals surface area contributed by atoms with E-state index < -0.39 is 13.0 Å². The fraction of sp³-hybridized carbons (Fsp3) is 0.333. The van der Waals surface area contributed by atoms with E-state index in [0.29, 0.717) is 0 Å². The van der Waals surface area contributed by atoms with Gasteiger partial charge in [-0.05, 0) is 11.6 Å². The molecule has 1 aromatic rings. The van der Waals surface area contributed by atoms with Crippen molar-refractivity contribution in [3.63, 3.8) is 0 Å². The van der Waals surface area contributed by atoms with Crippen LogP contribution in [0.5, 0.6) is 0 Å². The Bertz CT molecular complexity index is 379. The second-order valence-corrected chi connectivity index (χ2v) is 3.29. The number of hydrogen-bond acceptors (Lipinski definition) is 3. The van der Waals surface area contributed by atoms with E-state index in [0.717, 1.165) is 0 Å². The number of nitriles is 1. The Morgan fingerprint density at radius 2 is 2.27 bits per heavy atom. The highest BCUT2D eigenvalue weighted by molar-refractivity contribution is 9.08. The molecule has 0 aliphatic rings. The molecule has 1 N–H and O–H groups in total. The molecule has 15 heavy (non-hydrogen) atoms. The molecule has 0 saturated carbocycles. The summed E-state index contributed by atoms with van der Waals surface area (Å²) in [5.41, 5.74) is -0.134. The summed E-state index contributed by atoms with van der Waals surface area (Å²) in [5.74, 6) is 0. The number of rotatable bonds is 3. The van der Waals surface area contributed by atoms with Crippen molar-refractivity contribution in [1.29, 1.82) is 5.26 Å². The molecule has 0 amide bonds. The van der Waals surface area contributed by atoms with Gasteiger partial charge >= 0.3 is 0 Å². The molecule has 0 unspecified atom stereocenters. The van der Waals surface area contributed by atoms with Crippen LogP contribution < -0.4 is 0 Å². The molecular weight excluding hydrogens is 270 g/mol. The van der Waals surface area contributed by atoms with Crippen LogP contribution in [-0.4, -0.2) is 10.1 Å². The van der Waals surface area contributed by atoms with Crippen molar-refractivity contribution in [2.75, 3.05) is 0 Å². The molecule has 0 radical (unpaired) electrons. The Hall–Kier alpha value is -1.06. The number of halogens is 3. The molecule has 1 aromatic heterocycles. The Morgan fingerprint density at radius 3 is 2.67 bits per heavy atom. The number of aromatic nitrogens is 1. The van der Waals surface area contributed by atoms with E-state index in [1.54, 1.807) is 6.07 Å². The lowest BCUT2D eigenvalue weighted by molar-refractivity contribution is 0.145. The third-order valence-corrected chi connectivity index (χ3v) is 2.38. The first-order chi connectivity index (χ1) is 7.13. The van der Waals surface area contributed by atoms with E-state index in [2.05, 4.69) is 20.9 Å². The van der Waals surface area contributed by atoms with Gasteiger partial charge in [0.25, 0.3) is 6.43 Å². The van der Waals surface area contributed by atoms with Gasteiger partial charge in [-0.25, -0.2) is 13.8 Å². The fourth-order valence-electron chi connectivity index (χ4n) is 1.22. The average Bonchev–Trinajstić information content (AvgIpc) is 2.26. The maximum absolute atomic E-state index is 12.6. The van der Waals surface area contributed by atoms with E-state index in [1.165, 1.54) is 6.07 Å². The molecule has 0 aliphatic heterocycles. The summed E-state index contributed by atoms with van der Waals surface area (Å²) in [4.78, 5) is 3.74. The maximum atomic E-state index is 12.6. The van der Waals surface area contributed by atoms with E-state index in [-0.39, 0.29) is 27.8 Å². The van der Waals surface area contributed by atoms with Crippen molar-refractivity contribution in [2.45, 2.75) is 18.4 Å². The molecule has 0 aliphatic carbocycles. The molecule has 0 aromatic carbocycles. The maximum Gasteiger partial charge on any atom is 0.265 e. The second kappa shape index (κ2) is 5.14. The summed E-state index contributed by atoms with van der Waals surface area (Å²) in [7, 11) is 0. The molecule has 0 fully saturated rings. The summed E-state index contributed by atoms with van der Waals surface area (Å²) < 4.78 is 25.3. The van der Waals surface area contributed by atoms with E-state index in [1.807, 2.05) is 0 Å². The van der Waals surface area contributed by atoms with Gasteiger partial charge in [0.15, 0.2) is 0 Å². The zero-order chi connectivity index (χ0) is 11.4. The Labute approximate surface area is 93.5 Å². The number of hydrogen-bond donors (Lipinski definition) is 1. The monoisotopic (exact) mass is 276 g/mol. The van der Waals surface area contributed by atoms with Gasteiger partial charge in [0, 0.05) is 10.9 Å². The summed E-state index contributed by atoms with van der Waals surface area (Å²) in [6, 6.07) is 2.93. The van der Waals surface area contributed by atoms with Crippen molar-refractivity contribution in [1.82, 2.24) is 4.98 Å². The lowest BCUT2D eigenvalue weighted by Gasteiger charge is -2.10. The van der Waals surface area contributed by atoms with Gasteiger partial charge in [0.1, 0.15) is 11.8 Å². The van der Waals surface area contributed by atoms with Gasteiger partial charge in [-0.3, -0.25) is 0 Å². The van der Waals surface area contributed by atoms with Gasteiger partial charge in [0.05, 0.1) is 12.3 Å². The molecule has 1 rings (SSSR count). The number of aliphatic hydroxyl groups is 1. The van der Waals surface area contributed by atoms with Crippen molar-refractivity contribution < 1.29 is 13.9 Å². The second-order valence-electron chi connectivity index (χ2n) is 2.73. The third-order valence-electron chi connectivity index (χ3n) is 1.85. The van der Waals surface area contributed by atoms with Crippen LogP contribution in [0.15, 0.2) is 6.07 Å². The molecule has 1 heterocycles. The van der Waals surface area contributed by atoms with Crippen molar-refractivity contribution in [3.8, 4) is 6.07 Å². The van der Waals surface area contributed by atoms with E-state index >= 15 is 0 Å². The Kier molecular flexibility index (Phi) is 4.12. The van der Waals surface area contributed by atoms with Gasteiger partial charge in [-0.15, -0.1) is 0 Å². The van der Waals surface area contributed by atoms with Gasteiger partial charge < -0.3 is 5.11 Å². The van der Waals surface area contributed by atoms with Crippen LogP contribution in [0.25, 0.3) is 0 Å². The van der Waals surface area contributed by atoms with Crippen LogP contribution in [-0.2, 0) is 11.9 Å². The largest absolute Gasteiger partial charge is 0.392 e. The van der Waals surface area contributed by atoms with Gasteiger partial charge in [0.2, 0.25) is 0 Å². The third kappa shape index (κ3) is 2.49.